The van der Waals surface area contributed by atoms with Crippen molar-refractivity contribution in [3.63, 3.8) is 0 Å². The van der Waals surface area contributed by atoms with Crippen LogP contribution in [0.4, 0.5) is 0 Å². The summed E-state index contributed by atoms with van der Waals surface area (Å²) in [7, 11) is 4.33. The normalized spacial score (nSPS) is 26.2. The molecule has 1 aromatic heterocycles. The highest BCUT2D eigenvalue weighted by atomic mass is 16.5. The number of esters is 2. The van der Waals surface area contributed by atoms with Crippen molar-refractivity contribution < 1.29 is 33.4 Å². The van der Waals surface area contributed by atoms with Crippen molar-refractivity contribution in [1.29, 1.82) is 0 Å². The fourth-order valence-electron chi connectivity index (χ4n) is 13.2. The van der Waals surface area contributed by atoms with Crippen LogP contribution >= 0.6 is 0 Å². The highest BCUT2D eigenvalue weighted by Crippen LogP contribution is 2.58. The number of hydrogen-bond acceptors (Lipinski definition) is 9. The number of imidazole rings is 1. The molecule has 2 amide bonds. The lowest BCUT2D eigenvalue weighted by Gasteiger charge is -2.34. The predicted molar refractivity (Wildman–Crippen MR) is 263 cm³/mol. The standard InChI is InChI=1S/C56H67N5O7/c1-30(2)42(27-50(62)67-6)55(64)60-31(3)11-22-48(60)54-58-44-21-18-35(24-45(44)59-54)41-20-19-40(52-37-16-17-38(23-37)53(41)52)34-14-12-33(13-15-34)39-25-46(57-29-39)49-26-36-9-8-10-47(36)61(49)56(65)43(32(4)66-5)28-51(63)68-7/h12-15,18-21,24,29-32,36-38,42-43,47-49H,8-11,16-17,22-23,25-28H2,1-7H3,(H,58,59)/t31-,32+,36-,37?,38?,42-,43-,47-,48-,49-/m0/s1. The number of benzene rings is 3. The van der Waals surface area contributed by atoms with Gasteiger partial charge in [-0.3, -0.25) is 24.2 Å². The van der Waals surface area contributed by atoms with E-state index < -0.39 is 23.9 Å². The van der Waals surface area contributed by atoms with E-state index in [-0.39, 0.29) is 60.7 Å². The number of nitrogens with zero attached hydrogens (tertiary/aromatic N) is 4. The minimum atomic E-state index is -0.613. The number of aromatic amines is 1. The van der Waals surface area contributed by atoms with Crippen LogP contribution < -0.4 is 0 Å². The molecule has 4 fully saturated rings. The number of likely N-dealkylation sites (tertiary alicyclic amines) is 2. The average molecular weight is 922 g/mol. The number of carbonyl (C=O) groups excluding carboxylic acids is 4. The Hall–Kier alpha value is -5.62. The molecule has 4 heterocycles. The van der Waals surface area contributed by atoms with Crippen molar-refractivity contribution in [3.8, 4) is 22.3 Å². The molecule has 2 bridgehead atoms. The Bertz CT molecular complexity index is 2680. The molecule has 4 aromatic rings. The van der Waals surface area contributed by atoms with Gasteiger partial charge < -0.3 is 29.0 Å². The van der Waals surface area contributed by atoms with Crippen molar-refractivity contribution in [2.24, 2.45) is 28.7 Å². The molecule has 3 aliphatic carbocycles. The van der Waals surface area contributed by atoms with Crippen molar-refractivity contribution in [2.45, 2.75) is 147 Å². The molecule has 2 saturated carbocycles. The van der Waals surface area contributed by atoms with Gasteiger partial charge in [-0.1, -0.05) is 62.7 Å². The van der Waals surface area contributed by atoms with E-state index in [1.54, 1.807) is 7.11 Å². The SMILES string of the molecule is COC(=O)C[C@H](C(=O)N1[C@@H](C)CC[C@H]1c1nc2ccc(-c3ccc(-c4ccc(C5=CN=C([C@@H]6C[C@@H]7CCC[C@@H]7N6C(=O)[C@@H](CC(=O)OC)[C@@H](C)OC)C5)cc4)c4c3C3CCC4C3)cc2[nH]1)C(C)C. The summed E-state index contributed by atoms with van der Waals surface area (Å²) in [6.45, 7) is 7.94. The van der Waals surface area contributed by atoms with Crippen molar-refractivity contribution in [1.82, 2.24) is 19.8 Å². The number of ether oxygens (including phenoxy) is 3. The lowest BCUT2D eigenvalue weighted by Crippen LogP contribution is -2.50. The Kier molecular flexibility index (Phi) is 12.7. The zero-order chi connectivity index (χ0) is 47.5. The second-order valence-corrected chi connectivity index (χ2v) is 21.0. The number of fused-ring (bicyclic) bond motifs is 7. The van der Waals surface area contributed by atoms with E-state index in [2.05, 4.69) is 71.4 Å². The van der Waals surface area contributed by atoms with Crippen LogP contribution in [-0.2, 0) is 33.4 Å². The Morgan fingerprint density at radius 1 is 0.721 bits per heavy atom. The third kappa shape index (κ3) is 8.17. The minimum Gasteiger partial charge on any atom is -0.469 e. The fraction of sp³-hybridized carbons (Fsp3) is 0.536. The summed E-state index contributed by atoms with van der Waals surface area (Å²) < 4.78 is 15.6. The lowest BCUT2D eigenvalue weighted by atomic mass is 9.81. The van der Waals surface area contributed by atoms with Gasteiger partial charge in [0, 0.05) is 37.5 Å². The molecule has 3 aliphatic heterocycles. The van der Waals surface area contributed by atoms with Gasteiger partial charge >= 0.3 is 11.9 Å². The van der Waals surface area contributed by atoms with E-state index in [1.165, 1.54) is 66.9 Å². The summed E-state index contributed by atoms with van der Waals surface area (Å²) >= 11 is 0. The maximum absolute atomic E-state index is 14.4. The van der Waals surface area contributed by atoms with Crippen LogP contribution in [0.3, 0.4) is 0 Å². The molecule has 12 heteroatoms. The monoisotopic (exact) mass is 922 g/mol. The molecule has 358 valence electrons. The number of rotatable bonds is 14. The molecule has 0 spiro atoms. The van der Waals surface area contributed by atoms with Crippen molar-refractivity contribution in [3.05, 3.63) is 83.3 Å². The van der Waals surface area contributed by atoms with Gasteiger partial charge in [-0.05, 0) is 146 Å². The fourth-order valence-corrected chi connectivity index (χ4v) is 13.2. The Morgan fingerprint density at radius 3 is 2.04 bits per heavy atom. The van der Waals surface area contributed by atoms with E-state index in [1.807, 2.05) is 31.9 Å². The van der Waals surface area contributed by atoms with E-state index in [9.17, 15) is 19.2 Å². The van der Waals surface area contributed by atoms with Crippen molar-refractivity contribution >= 4 is 46.1 Å². The van der Waals surface area contributed by atoms with Gasteiger partial charge in [0.2, 0.25) is 11.8 Å². The number of allylic oxidation sites excluding steroid dienone is 1. The minimum absolute atomic E-state index is 0.00367. The summed E-state index contributed by atoms with van der Waals surface area (Å²) in [4.78, 5) is 71.0. The maximum atomic E-state index is 14.4. The van der Waals surface area contributed by atoms with Crippen LogP contribution in [0.5, 0.6) is 0 Å². The Labute approximate surface area is 400 Å². The number of nitrogens with one attached hydrogen (secondary N) is 1. The summed E-state index contributed by atoms with van der Waals surface area (Å²) in [6, 6.07) is 20.1. The van der Waals surface area contributed by atoms with E-state index in [0.29, 0.717) is 24.2 Å². The lowest BCUT2D eigenvalue weighted by molar-refractivity contribution is -0.151. The first kappa shape index (κ1) is 46.1. The molecule has 2 saturated heterocycles. The third-order valence-electron chi connectivity index (χ3n) is 17.0. The Morgan fingerprint density at radius 2 is 1.37 bits per heavy atom. The number of amides is 2. The maximum Gasteiger partial charge on any atom is 0.306 e. The molecule has 0 radical (unpaired) electrons. The van der Waals surface area contributed by atoms with Gasteiger partial charge in [0.25, 0.3) is 0 Å². The molecule has 68 heavy (non-hydrogen) atoms. The zero-order valence-corrected chi connectivity index (χ0v) is 40.8. The van der Waals surface area contributed by atoms with E-state index in [4.69, 9.17) is 24.2 Å². The van der Waals surface area contributed by atoms with Gasteiger partial charge in [-0.2, -0.15) is 0 Å². The first-order chi connectivity index (χ1) is 32.9. The third-order valence-corrected chi connectivity index (χ3v) is 17.0. The van der Waals surface area contributed by atoms with Gasteiger partial charge in [0.05, 0.1) is 68.1 Å². The topological polar surface area (TPSA) is 143 Å². The smallest absolute Gasteiger partial charge is 0.306 e. The highest BCUT2D eigenvalue weighted by molar-refractivity contribution is 6.04. The van der Waals surface area contributed by atoms with Gasteiger partial charge in [0.1, 0.15) is 5.82 Å². The van der Waals surface area contributed by atoms with Crippen LogP contribution in [0.25, 0.3) is 38.9 Å². The molecule has 3 aromatic carbocycles. The molecule has 1 N–H and O–H groups in total. The van der Waals surface area contributed by atoms with Crippen LogP contribution in [-0.4, -0.2) is 94.8 Å². The van der Waals surface area contributed by atoms with Crippen molar-refractivity contribution in [2.75, 3.05) is 21.3 Å². The van der Waals surface area contributed by atoms with Crippen LogP contribution in [0, 0.1) is 23.7 Å². The number of methoxy groups -OCH3 is 3. The molecule has 10 atom stereocenters. The van der Waals surface area contributed by atoms with Gasteiger partial charge in [-0.15, -0.1) is 0 Å². The molecular formula is C56H67N5O7. The van der Waals surface area contributed by atoms with E-state index >= 15 is 0 Å². The second-order valence-electron chi connectivity index (χ2n) is 21.0. The van der Waals surface area contributed by atoms with Gasteiger partial charge in [-0.25, -0.2) is 4.98 Å². The first-order valence-corrected chi connectivity index (χ1v) is 25.2. The summed E-state index contributed by atoms with van der Waals surface area (Å²) in [5.74, 6) is 0.438. The quantitative estimate of drug-likeness (QED) is 0.123. The highest BCUT2D eigenvalue weighted by Gasteiger charge is 2.50. The zero-order valence-electron chi connectivity index (χ0n) is 40.8. The molecular weight excluding hydrogens is 855 g/mol. The molecule has 12 nitrogen and oxygen atoms in total. The predicted octanol–water partition coefficient (Wildman–Crippen LogP) is 10.3. The van der Waals surface area contributed by atoms with Gasteiger partial charge in [0.15, 0.2) is 0 Å². The number of H-pyrrole nitrogens is 1. The summed E-state index contributed by atoms with van der Waals surface area (Å²) in [6.07, 6.45) is 11.7. The number of aromatic nitrogens is 2. The number of aliphatic imine (C=N–C) groups is 1. The van der Waals surface area contributed by atoms with Crippen LogP contribution in [0.1, 0.15) is 145 Å². The second kappa shape index (κ2) is 18.7. The average Bonchev–Trinajstić information content (AvgIpc) is 4.22. The van der Waals surface area contributed by atoms with E-state index in [0.717, 1.165) is 72.2 Å². The largest absolute Gasteiger partial charge is 0.469 e. The number of hydrogen-bond donors (Lipinski definition) is 1. The molecule has 2 unspecified atom stereocenters. The van der Waals surface area contributed by atoms with Crippen LogP contribution in [0.15, 0.2) is 65.8 Å². The molecule has 6 aliphatic rings. The summed E-state index contributed by atoms with van der Waals surface area (Å²) in [5, 5.41) is 0. The number of carbonyl (C=O) groups is 4. The molecule has 10 rings (SSSR count). The summed E-state index contributed by atoms with van der Waals surface area (Å²) in [5.41, 5.74) is 13.1. The van der Waals surface area contributed by atoms with Crippen LogP contribution in [0.2, 0.25) is 0 Å². The Balaban J connectivity index is 0.874. The first-order valence-electron chi connectivity index (χ1n) is 25.2.